The van der Waals surface area contributed by atoms with Gasteiger partial charge in [-0.25, -0.2) is 0 Å². The smallest absolute Gasteiger partial charge is 0.416 e. The molecule has 0 saturated carbocycles. The average Bonchev–Trinajstić information content (AvgIpc) is 2.89. The summed E-state index contributed by atoms with van der Waals surface area (Å²) in [5, 5.41) is 13.1. The standard InChI is InChI=1S/C28H29F6N3O5/c1-16(2)17-4-9-22(35-14-17)20-13-26(28(32,33)34,37-25(41)21(20)15-36-23(38)12-24(39)40)18-5-7-19(8-6-18)42-11-3-10-27(29,30)31/h4-9,14,16H,3,10-13,15H2,1-2H3,(H,36,38)(H,37,41)(H,39,40)/t26-/m0/s1. The number of ether oxygens (including phenoxy) is 1. The van der Waals surface area contributed by atoms with Gasteiger partial charge in [0.2, 0.25) is 11.8 Å². The van der Waals surface area contributed by atoms with Crippen LogP contribution in [0.25, 0.3) is 5.57 Å². The van der Waals surface area contributed by atoms with Gasteiger partial charge in [0.05, 0.1) is 12.3 Å². The van der Waals surface area contributed by atoms with E-state index in [2.05, 4.69) is 10.3 Å². The van der Waals surface area contributed by atoms with E-state index in [1.807, 2.05) is 19.2 Å². The minimum Gasteiger partial charge on any atom is -0.494 e. The van der Waals surface area contributed by atoms with Crippen molar-refractivity contribution in [3.63, 3.8) is 0 Å². The number of alkyl halides is 6. The number of hydrogen-bond donors (Lipinski definition) is 3. The molecule has 2 aromatic rings. The number of aliphatic carboxylic acids is 1. The van der Waals surface area contributed by atoms with E-state index >= 15 is 0 Å². The van der Waals surface area contributed by atoms with Gasteiger partial charge < -0.3 is 20.5 Å². The number of halogens is 6. The number of carboxylic acid groups (broad SMARTS) is 1. The van der Waals surface area contributed by atoms with Crippen LogP contribution in [-0.2, 0) is 19.9 Å². The number of carbonyl (C=O) groups is 3. The molecule has 1 aliphatic rings. The molecule has 2 heterocycles. The van der Waals surface area contributed by atoms with Crippen LogP contribution in [0.15, 0.2) is 48.2 Å². The Morgan fingerprint density at radius 3 is 2.29 bits per heavy atom. The van der Waals surface area contributed by atoms with Gasteiger partial charge in [-0.3, -0.25) is 19.4 Å². The van der Waals surface area contributed by atoms with Crippen molar-refractivity contribution in [2.24, 2.45) is 0 Å². The van der Waals surface area contributed by atoms with Crippen LogP contribution in [0.4, 0.5) is 26.3 Å². The molecule has 1 aliphatic heterocycles. The number of carbonyl (C=O) groups excluding carboxylic acids is 2. The molecule has 0 spiro atoms. The van der Waals surface area contributed by atoms with E-state index in [-0.39, 0.29) is 47.1 Å². The lowest BCUT2D eigenvalue weighted by molar-refractivity contribution is -0.201. The van der Waals surface area contributed by atoms with Crippen molar-refractivity contribution < 1.29 is 50.6 Å². The largest absolute Gasteiger partial charge is 0.494 e. The van der Waals surface area contributed by atoms with Gasteiger partial charge in [-0.15, -0.1) is 0 Å². The third-order valence-corrected chi connectivity index (χ3v) is 6.65. The fraction of sp³-hybridized carbons (Fsp3) is 0.429. The summed E-state index contributed by atoms with van der Waals surface area (Å²) in [6.45, 7) is 2.94. The Bertz CT molecular complexity index is 1320. The summed E-state index contributed by atoms with van der Waals surface area (Å²) >= 11 is 0. The second kappa shape index (κ2) is 12.8. The first-order valence-electron chi connectivity index (χ1n) is 12.9. The third kappa shape index (κ3) is 8.01. The van der Waals surface area contributed by atoms with E-state index in [0.717, 1.165) is 17.7 Å². The van der Waals surface area contributed by atoms with Crippen molar-refractivity contribution in [3.8, 4) is 5.75 Å². The molecule has 0 saturated heterocycles. The van der Waals surface area contributed by atoms with Crippen molar-refractivity contribution >= 4 is 23.4 Å². The highest BCUT2D eigenvalue weighted by Crippen LogP contribution is 2.48. The maximum atomic E-state index is 14.8. The number of pyridine rings is 1. The van der Waals surface area contributed by atoms with Gasteiger partial charge in [0.1, 0.15) is 12.2 Å². The van der Waals surface area contributed by atoms with Gasteiger partial charge in [-0.2, -0.15) is 26.3 Å². The Balaban J connectivity index is 1.99. The van der Waals surface area contributed by atoms with Gasteiger partial charge in [0.25, 0.3) is 0 Å². The van der Waals surface area contributed by atoms with Gasteiger partial charge in [0, 0.05) is 31.2 Å². The zero-order valence-electron chi connectivity index (χ0n) is 22.7. The summed E-state index contributed by atoms with van der Waals surface area (Å²) in [5.41, 5.74) is -2.76. The van der Waals surface area contributed by atoms with Crippen LogP contribution in [0, 0.1) is 0 Å². The van der Waals surface area contributed by atoms with Crippen LogP contribution in [0.1, 0.15) is 62.3 Å². The first-order valence-corrected chi connectivity index (χ1v) is 12.9. The minimum absolute atomic E-state index is 0.0453. The Hall–Kier alpha value is -4.10. The predicted octanol–water partition coefficient (Wildman–Crippen LogP) is 5.25. The molecule has 1 aromatic heterocycles. The number of aromatic nitrogens is 1. The first kappa shape index (κ1) is 32.4. The van der Waals surface area contributed by atoms with Crippen molar-refractivity contribution in [1.29, 1.82) is 0 Å². The lowest BCUT2D eigenvalue weighted by Gasteiger charge is -2.41. The van der Waals surface area contributed by atoms with Crippen molar-refractivity contribution in [1.82, 2.24) is 15.6 Å². The maximum absolute atomic E-state index is 14.8. The fourth-order valence-corrected chi connectivity index (χ4v) is 4.37. The molecule has 8 nitrogen and oxygen atoms in total. The summed E-state index contributed by atoms with van der Waals surface area (Å²) in [5.74, 6) is -3.41. The Morgan fingerprint density at radius 1 is 1.10 bits per heavy atom. The summed E-state index contributed by atoms with van der Waals surface area (Å²) in [7, 11) is 0. The number of carboxylic acids is 1. The maximum Gasteiger partial charge on any atom is 0.416 e. The molecule has 228 valence electrons. The Labute approximate surface area is 237 Å². The molecule has 3 N–H and O–H groups in total. The van der Waals surface area contributed by atoms with Gasteiger partial charge in [0.15, 0.2) is 5.54 Å². The van der Waals surface area contributed by atoms with Gasteiger partial charge >= 0.3 is 18.3 Å². The van der Waals surface area contributed by atoms with E-state index in [1.54, 1.807) is 6.07 Å². The predicted molar refractivity (Wildman–Crippen MR) is 138 cm³/mol. The van der Waals surface area contributed by atoms with Crippen LogP contribution < -0.4 is 15.4 Å². The highest BCUT2D eigenvalue weighted by atomic mass is 19.4. The van der Waals surface area contributed by atoms with E-state index in [4.69, 9.17) is 9.84 Å². The molecule has 0 unspecified atom stereocenters. The number of nitrogens with zero attached hydrogens (tertiary/aromatic N) is 1. The second-order valence-corrected chi connectivity index (χ2v) is 10.1. The van der Waals surface area contributed by atoms with Crippen LogP contribution in [0.2, 0.25) is 0 Å². The van der Waals surface area contributed by atoms with Gasteiger partial charge in [-0.05, 0) is 47.2 Å². The van der Waals surface area contributed by atoms with Crippen molar-refractivity contribution in [3.05, 3.63) is 65.0 Å². The summed E-state index contributed by atoms with van der Waals surface area (Å²) in [6.07, 6.45) is -11.0. The lowest BCUT2D eigenvalue weighted by Crippen LogP contribution is -2.59. The molecule has 3 rings (SSSR count). The SMILES string of the molecule is CC(C)c1ccc(C2=C(CNC(=O)CC(=O)O)C(=O)N[C@@](c3ccc(OCCCC(F)(F)F)cc3)(C(F)(F)F)C2)nc1. The van der Waals surface area contributed by atoms with E-state index in [0.29, 0.717) is 0 Å². The van der Waals surface area contributed by atoms with E-state index < -0.39 is 61.5 Å². The molecule has 0 radical (unpaired) electrons. The molecule has 0 fully saturated rings. The highest BCUT2D eigenvalue weighted by molar-refractivity contribution is 6.04. The molecule has 1 aromatic carbocycles. The number of benzene rings is 1. The molecule has 2 amide bonds. The average molecular weight is 602 g/mol. The fourth-order valence-electron chi connectivity index (χ4n) is 4.37. The zero-order valence-corrected chi connectivity index (χ0v) is 22.7. The first-order chi connectivity index (χ1) is 19.5. The van der Waals surface area contributed by atoms with Crippen LogP contribution in [0.5, 0.6) is 5.75 Å². The Kier molecular flexibility index (Phi) is 9.90. The minimum atomic E-state index is -5.03. The number of rotatable bonds is 11. The highest BCUT2D eigenvalue weighted by Gasteiger charge is 2.59. The summed E-state index contributed by atoms with van der Waals surface area (Å²) in [4.78, 5) is 40.3. The van der Waals surface area contributed by atoms with Crippen molar-refractivity contribution in [2.45, 2.75) is 63.3 Å². The zero-order chi connectivity index (χ0) is 31.3. The molecular formula is C28H29F6N3O5. The van der Waals surface area contributed by atoms with E-state index in [1.165, 1.54) is 24.4 Å². The van der Waals surface area contributed by atoms with Gasteiger partial charge in [-0.1, -0.05) is 32.0 Å². The van der Waals surface area contributed by atoms with E-state index in [9.17, 15) is 40.7 Å². The molecular weight excluding hydrogens is 572 g/mol. The van der Waals surface area contributed by atoms with Crippen molar-refractivity contribution in [2.75, 3.05) is 13.2 Å². The second-order valence-electron chi connectivity index (χ2n) is 10.1. The number of nitrogens with one attached hydrogen (secondary N) is 2. The summed E-state index contributed by atoms with van der Waals surface area (Å²) in [6, 6.07) is 7.61. The molecule has 42 heavy (non-hydrogen) atoms. The normalized spacial score (nSPS) is 17.7. The third-order valence-electron chi connectivity index (χ3n) is 6.65. The number of amides is 2. The van der Waals surface area contributed by atoms with Crippen LogP contribution in [0.3, 0.4) is 0 Å². The molecule has 1 atom stereocenters. The summed E-state index contributed by atoms with van der Waals surface area (Å²) < 4.78 is 86.8. The quantitative estimate of drug-likeness (QED) is 0.184. The Morgan fingerprint density at radius 2 is 1.76 bits per heavy atom. The molecule has 14 heteroatoms. The van der Waals surface area contributed by atoms with Crippen LogP contribution in [-0.4, -0.2) is 53.4 Å². The monoisotopic (exact) mass is 601 g/mol. The lowest BCUT2D eigenvalue weighted by atomic mass is 9.77. The molecule has 0 aliphatic carbocycles. The van der Waals surface area contributed by atoms with Crippen LogP contribution >= 0.6 is 0 Å². The molecule has 0 bridgehead atoms. The number of hydrogen-bond acceptors (Lipinski definition) is 5. The topological polar surface area (TPSA) is 118 Å².